The number of anilines is 1. The number of carbonyl (C=O) groups is 2. The molecule has 0 radical (unpaired) electrons. The molecule has 6 rings (SSSR count). The van der Waals surface area contributed by atoms with Gasteiger partial charge in [0.2, 0.25) is 11.8 Å². The van der Waals surface area contributed by atoms with Crippen molar-refractivity contribution in [3.8, 4) is 0 Å². The molecule has 2 aromatic rings. The van der Waals surface area contributed by atoms with Gasteiger partial charge in [0, 0.05) is 24.1 Å². The molecule has 4 aliphatic carbocycles. The Hall–Kier alpha value is -2.57. The van der Waals surface area contributed by atoms with E-state index in [9.17, 15) is 14.4 Å². The van der Waals surface area contributed by atoms with E-state index >= 15 is 0 Å². The van der Waals surface area contributed by atoms with Gasteiger partial charge in [-0.2, -0.15) is 0 Å². The Labute approximate surface area is 162 Å². The first-order valence-electron chi connectivity index (χ1n) is 10.3. The first-order valence-corrected chi connectivity index (χ1v) is 10.3. The van der Waals surface area contributed by atoms with Gasteiger partial charge in [-0.1, -0.05) is 0 Å². The first-order chi connectivity index (χ1) is 13.5. The van der Waals surface area contributed by atoms with Crippen LogP contribution in [0.25, 0.3) is 11.0 Å². The van der Waals surface area contributed by atoms with Crippen molar-refractivity contribution in [3.63, 3.8) is 0 Å². The largest absolute Gasteiger partial charge is 0.355 e. The molecule has 1 heterocycles. The molecule has 0 atom stereocenters. The van der Waals surface area contributed by atoms with Crippen LogP contribution in [0.5, 0.6) is 0 Å². The van der Waals surface area contributed by atoms with Crippen LogP contribution in [0.15, 0.2) is 23.0 Å². The zero-order valence-electron chi connectivity index (χ0n) is 15.8. The number of benzene rings is 1. The summed E-state index contributed by atoms with van der Waals surface area (Å²) in [5, 5.41) is 5.86. The van der Waals surface area contributed by atoms with Crippen LogP contribution in [0, 0.1) is 23.2 Å². The van der Waals surface area contributed by atoms with E-state index in [4.69, 9.17) is 0 Å². The number of aromatic amines is 2. The molecule has 7 heteroatoms. The lowest BCUT2D eigenvalue weighted by Gasteiger charge is -2.55. The highest BCUT2D eigenvalue weighted by molar-refractivity contribution is 5.93. The van der Waals surface area contributed by atoms with E-state index in [2.05, 4.69) is 20.6 Å². The molecule has 4 aliphatic rings. The number of carbonyl (C=O) groups excluding carboxylic acids is 2. The molecule has 0 spiro atoms. The van der Waals surface area contributed by atoms with Crippen LogP contribution < -0.4 is 16.3 Å². The second-order valence-electron chi connectivity index (χ2n) is 9.09. The highest BCUT2D eigenvalue weighted by atomic mass is 16.2. The van der Waals surface area contributed by atoms with Gasteiger partial charge < -0.3 is 20.6 Å². The number of imidazole rings is 1. The molecule has 4 fully saturated rings. The number of hydrogen-bond acceptors (Lipinski definition) is 3. The van der Waals surface area contributed by atoms with E-state index in [1.807, 2.05) is 0 Å². The second-order valence-corrected chi connectivity index (χ2v) is 9.09. The third kappa shape index (κ3) is 3.12. The lowest BCUT2D eigenvalue weighted by Crippen LogP contribution is -2.53. The topological polar surface area (TPSA) is 107 Å². The van der Waals surface area contributed by atoms with Gasteiger partial charge in [-0.3, -0.25) is 9.59 Å². The van der Waals surface area contributed by atoms with Crippen molar-refractivity contribution in [2.45, 2.75) is 44.9 Å². The summed E-state index contributed by atoms with van der Waals surface area (Å²) in [6, 6.07) is 5.22. The monoisotopic (exact) mass is 382 g/mol. The van der Waals surface area contributed by atoms with E-state index < -0.39 is 0 Å². The molecule has 0 aliphatic heterocycles. The maximum absolute atomic E-state index is 12.9. The Morgan fingerprint density at radius 1 is 1.00 bits per heavy atom. The molecule has 2 amide bonds. The summed E-state index contributed by atoms with van der Waals surface area (Å²) >= 11 is 0. The Morgan fingerprint density at radius 3 is 2.32 bits per heavy atom. The quantitative estimate of drug-likeness (QED) is 0.638. The fourth-order valence-corrected chi connectivity index (χ4v) is 6.20. The van der Waals surface area contributed by atoms with Crippen molar-refractivity contribution < 1.29 is 9.59 Å². The molecule has 148 valence electrons. The zero-order valence-corrected chi connectivity index (χ0v) is 15.8. The summed E-state index contributed by atoms with van der Waals surface area (Å²) in [5.41, 5.74) is 1.53. The highest BCUT2D eigenvalue weighted by Crippen LogP contribution is 2.60. The number of aromatic nitrogens is 2. The van der Waals surface area contributed by atoms with Crippen molar-refractivity contribution >= 4 is 28.5 Å². The van der Waals surface area contributed by atoms with Crippen LogP contribution in [0.1, 0.15) is 44.9 Å². The maximum Gasteiger partial charge on any atom is 0.323 e. The summed E-state index contributed by atoms with van der Waals surface area (Å²) in [7, 11) is 0. The van der Waals surface area contributed by atoms with Crippen molar-refractivity contribution in [1.82, 2.24) is 15.3 Å². The minimum absolute atomic E-state index is 0.150. The molecule has 0 saturated heterocycles. The van der Waals surface area contributed by atoms with Crippen LogP contribution in [0.3, 0.4) is 0 Å². The summed E-state index contributed by atoms with van der Waals surface area (Å²) in [6.45, 7) is 0.357. The van der Waals surface area contributed by atoms with Crippen LogP contribution in [-0.4, -0.2) is 28.3 Å². The van der Waals surface area contributed by atoms with E-state index in [0.717, 1.165) is 37.0 Å². The zero-order chi connectivity index (χ0) is 19.3. The Kier molecular flexibility index (Phi) is 4.07. The predicted molar refractivity (Wildman–Crippen MR) is 106 cm³/mol. The lowest BCUT2D eigenvalue weighted by molar-refractivity contribution is -0.146. The summed E-state index contributed by atoms with van der Waals surface area (Å²) < 4.78 is 0. The minimum atomic E-state index is -0.272. The van der Waals surface area contributed by atoms with Crippen molar-refractivity contribution in [3.05, 3.63) is 28.7 Å². The van der Waals surface area contributed by atoms with E-state index in [-0.39, 0.29) is 29.3 Å². The number of fused-ring (bicyclic) bond motifs is 1. The third-order valence-corrected chi connectivity index (χ3v) is 6.96. The number of amides is 2. The van der Waals surface area contributed by atoms with Crippen molar-refractivity contribution in [1.29, 1.82) is 0 Å². The highest BCUT2D eigenvalue weighted by Gasteiger charge is 2.54. The number of nitrogens with one attached hydrogen (secondary N) is 4. The van der Waals surface area contributed by atoms with Crippen molar-refractivity contribution in [2.24, 2.45) is 23.2 Å². The molecule has 1 aromatic heterocycles. The second kappa shape index (κ2) is 6.50. The van der Waals surface area contributed by atoms with Crippen LogP contribution in [0.4, 0.5) is 5.69 Å². The number of rotatable bonds is 5. The van der Waals surface area contributed by atoms with Gasteiger partial charge in [0.1, 0.15) is 0 Å². The van der Waals surface area contributed by atoms with E-state index in [1.165, 1.54) is 19.3 Å². The van der Waals surface area contributed by atoms with Gasteiger partial charge >= 0.3 is 5.69 Å². The van der Waals surface area contributed by atoms with Crippen molar-refractivity contribution in [2.75, 3.05) is 11.9 Å². The van der Waals surface area contributed by atoms with Crippen LogP contribution >= 0.6 is 0 Å². The van der Waals surface area contributed by atoms with Gasteiger partial charge in [0.05, 0.1) is 11.0 Å². The molecule has 4 saturated carbocycles. The maximum atomic E-state index is 12.9. The fraction of sp³-hybridized carbons (Fsp3) is 0.571. The summed E-state index contributed by atoms with van der Waals surface area (Å²) in [6.07, 6.45) is 7.27. The Balaban J connectivity index is 1.15. The fourth-order valence-electron chi connectivity index (χ4n) is 6.20. The van der Waals surface area contributed by atoms with E-state index in [1.54, 1.807) is 18.2 Å². The average molecular weight is 382 g/mol. The molecule has 4 bridgehead atoms. The van der Waals surface area contributed by atoms with Gasteiger partial charge in [-0.25, -0.2) is 4.79 Å². The SMILES string of the molecule is O=C(CCNC(=O)C12CC3CC(CC(C3)C1)C2)Nc1ccc2[nH]c(=O)[nH]c2c1. The standard InChI is InChI=1S/C21H26N4O3/c26-18(23-15-1-2-16-17(8-15)25-20(28)24-16)3-4-22-19(27)21-9-12-5-13(10-21)7-14(6-12)11-21/h1-2,8,12-14H,3-7,9-11H2,(H,22,27)(H,23,26)(H2,24,25,28). The molecule has 4 N–H and O–H groups in total. The Morgan fingerprint density at radius 2 is 1.64 bits per heavy atom. The minimum Gasteiger partial charge on any atom is -0.355 e. The van der Waals surface area contributed by atoms with Crippen LogP contribution in [0.2, 0.25) is 0 Å². The van der Waals surface area contributed by atoms with Gasteiger partial charge in [-0.05, 0) is 74.5 Å². The molecular weight excluding hydrogens is 356 g/mol. The molecule has 28 heavy (non-hydrogen) atoms. The van der Waals surface area contributed by atoms with Gasteiger partial charge in [0.15, 0.2) is 0 Å². The number of H-pyrrole nitrogens is 2. The Bertz CT molecular complexity index is 954. The molecule has 7 nitrogen and oxygen atoms in total. The molecular formula is C21H26N4O3. The first kappa shape index (κ1) is 17.5. The van der Waals surface area contributed by atoms with Gasteiger partial charge in [0.25, 0.3) is 0 Å². The smallest absolute Gasteiger partial charge is 0.323 e. The average Bonchev–Trinajstić information content (AvgIpc) is 2.99. The molecule has 0 unspecified atom stereocenters. The number of hydrogen-bond donors (Lipinski definition) is 4. The van der Waals surface area contributed by atoms with Gasteiger partial charge in [-0.15, -0.1) is 0 Å². The van der Waals surface area contributed by atoms with E-state index in [0.29, 0.717) is 23.3 Å². The predicted octanol–water partition coefficient (Wildman–Crippen LogP) is 2.52. The lowest BCUT2D eigenvalue weighted by atomic mass is 9.49. The third-order valence-electron chi connectivity index (χ3n) is 6.96. The molecule has 1 aromatic carbocycles. The van der Waals surface area contributed by atoms with Crippen LogP contribution in [-0.2, 0) is 9.59 Å². The summed E-state index contributed by atoms with van der Waals surface area (Å²) in [5.74, 6) is 2.20. The summed E-state index contributed by atoms with van der Waals surface area (Å²) in [4.78, 5) is 41.8. The normalized spacial score (nSPS) is 30.5.